The van der Waals surface area contributed by atoms with Crippen LogP contribution in [0.5, 0.6) is 0 Å². The van der Waals surface area contributed by atoms with Gasteiger partial charge in [-0.15, -0.1) is 0 Å². The molecule has 6 nitrogen and oxygen atoms in total. The summed E-state index contributed by atoms with van der Waals surface area (Å²) < 4.78 is 17.9. The summed E-state index contributed by atoms with van der Waals surface area (Å²) in [6.45, 7) is 4.16. The number of benzene rings is 3. The number of fused-ring (bicyclic) bond motifs is 1. The number of carbonyl (C=O) groups is 1. The highest BCUT2D eigenvalue weighted by Gasteiger charge is 2.11. The Labute approximate surface area is 210 Å². The van der Waals surface area contributed by atoms with Gasteiger partial charge in [-0.3, -0.25) is 4.99 Å². The van der Waals surface area contributed by atoms with E-state index in [2.05, 4.69) is 25.9 Å². The van der Waals surface area contributed by atoms with E-state index >= 15 is 0 Å². The van der Waals surface area contributed by atoms with Crippen LogP contribution in [-0.2, 0) is 4.74 Å². The third kappa shape index (κ3) is 4.95. The molecule has 35 heavy (non-hydrogen) atoms. The molecule has 0 N–H and O–H groups in total. The quantitative estimate of drug-likeness (QED) is 0.166. The normalized spacial score (nSPS) is 11.4. The molecular weight excluding hydrogens is 508 g/mol. The molecule has 0 unspecified atom stereocenters. The minimum Gasteiger partial charge on any atom is -0.462 e. The van der Waals surface area contributed by atoms with Crippen LogP contribution in [0.15, 0.2) is 91.1 Å². The van der Waals surface area contributed by atoms with Crippen LogP contribution in [0.4, 0.5) is 5.69 Å². The summed E-state index contributed by atoms with van der Waals surface area (Å²) in [6, 6.07) is 22.4. The van der Waals surface area contributed by atoms with E-state index in [-0.39, 0.29) is 5.97 Å². The molecule has 0 saturated carbocycles. The number of furan rings is 1. The molecule has 0 atom stereocenters. The third-order valence-electron chi connectivity index (χ3n) is 5.44. The number of nitrogens with zero attached hydrogens (tertiary/aromatic N) is 2. The number of rotatable bonds is 6. The molecule has 2 aromatic heterocycles. The topological polar surface area (TPSA) is 77.8 Å². The first-order valence-corrected chi connectivity index (χ1v) is 11.9. The van der Waals surface area contributed by atoms with Crippen LogP contribution < -0.4 is 0 Å². The number of aryl methyl sites for hydroxylation is 1. The number of ether oxygens (including phenoxy) is 1. The van der Waals surface area contributed by atoms with Crippen molar-refractivity contribution < 1.29 is 18.4 Å². The number of oxazole rings is 1. The molecule has 0 bridgehead atoms. The molecule has 7 heteroatoms. The van der Waals surface area contributed by atoms with E-state index < -0.39 is 0 Å². The predicted octanol–water partition coefficient (Wildman–Crippen LogP) is 7.75. The van der Waals surface area contributed by atoms with Crippen LogP contribution in [0, 0.1) is 6.92 Å². The van der Waals surface area contributed by atoms with Gasteiger partial charge < -0.3 is 13.6 Å². The van der Waals surface area contributed by atoms with Gasteiger partial charge in [-0.05, 0) is 74.0 Å². The maximum atomic E-state index is 11.8. The number of esters is 1. The van der Waals surface area contributed by atoms with Gasteiger partial charge in [0.05, 0.1) is 24.1 Å². The molecule has 5 rings (SSSR count). The van der Waals surface area contributed by atoms with Crippen molar-refractivity contribution in [2.75, 3.05) is 6.61 Å². The first-order chi connectivity index (χ1) is 17.0. The summed E-state index contributed by atoms with van der Waals surface area (Å²) >= 11 is 3.56. The summed E-state index contributed by atoms with van der Waals surface area (Å²) in [7, 11) is 0. The SMILES string of the molecule is CCOC(=O)c1ccc(-c2ccc(C=Nc3ccc4oc(-c5ccc(C)c(Br)c5)nc4c3)o2)cc1. The van der Waals surface area contributed by atoms with Crippen LogP contribution >= 0.6 is 15.9 Å². The Morgan fingerprint density at radius 2 is 1.80 bits per heavy atom. The summed E-state index contributed by atoms with van der Waals surface area (Å²) in [5, 5.41) is 0. The minimum atomic E-state index is -0.339. The van der Waals surface area contributed by atoms with Crippen LogP contribution in [0.3, 0.4) is 0 Å². The maximum Gasteiger partial charge on any atom is 0.338 e. The highest BCUT2D eigenvalue weighted by Crippen LogP contribution is 2.30. The zero-order chi connectivity index (χ0) is 24.4. The Morgan fingerprint density at radius 3 is 2.57 bits per heavy atom. The molecule has 0 aliphatic heterocycles. The van der Waals surface area contributed by atoms with E-state index in [9.17, 15) is 4.79 Å². The average molecular weight is 529 g/mol. The van der Waals surface area contributed by atoms with Crippen LogP contribution in [-0.4, -0.2) is 23.8 Å². The largest absolute Gasteiger partial charge is 0.462 e. The smallest absolute Gasteiger partial charge is 0.338 e. The van der Waals surface area contributed by atoms with E-state index in [0.717, 1.165) is 32.4 Å². The molecule has 0 radical (unpaired) electrons. The first-order valence-electron chi connectivity index (χ1n) is 11.1. The average Bonchev–Trinajstić information content (AvgIpc) is 3.51. The molecule has 0 aliphatic rings. The van der Waals surface area contributed by atoms with Crippen LogP contribution in [0.1, 0.15) is 28.6 Å². The molecule has 174 valence electrons. The molecule has 0 amide bonds. The minimum absolute atomic E-state index is 0.339. The fourth-order valence-corrected chi connectivity index (χ4v) is 3.92. The van der Waals surface area contributed by atoms with E-state index in [1.165, 1.54) is 0 Å². The lowest BCUT2D eigenvalue weighted by Crippen LogP contribution is -2.03. The summed E-state index contributed by atoms with van der Waals surface area (Å²) in [6.07, 6.45) is 1.66. The lowest BCUT2D eigenvalue weighted by Gasteiger charge is -2.02. The highest BCUT2D eigenvalue weighted by molar-refractivity contribution is 9.10. The zero-order valence-corrected chi connectivity index (χ0v) is 20.7. The number of aliphatic imine (C=N–C) groups is 1. The number of carbonyl (C=O) groups excluding carboxylic acids is 1. The van der Waals surface area contributed by atoms with Crippen molar-refractivity contribution >= 4 is 44.9 Å². The predicted molar refractivity (Wildman–Crippen MR) is 139 cm³/mol. The van der Waals surface area contributed by atoms with Crippen molar-refractivity contribution in [1.29, 1.82) is 0 Å². The number of aromatic nitrogens is 1. The van der Waals surface area contributed by atoms with Crippen molar-refractivity contribution in [1.82, 2.24) is 4.98 Å². The van der Waals surface area contributed by atoms with E-state index in [1.807, 2.05) is 67.6 Å². The lowest BCUT2D eigenvalue weighted by molar-refractivity contribution is 0.0526. The Morgan fingerprint density at radius 1 is 1.00 bits per heavy atom. The highest BCUT2D eigenvalue weighted by atomic mass is 79.9. The number of hydrogen-bond acceptors (Lipinski definition) is 6. The van der Waals surface area contributed by atoms with Gasteiger partial charge in [0.2, 0.25) is 5.89 Å². The number of halogens is 1. The van der Waals surface area contributed by atoms with Crippen LogP contribution in [0.2, 0.25) is 0 Å². The van der Waals surface area contributed by atoms with Crippen molar-refractivity contribution in [3.63, 3.8) is 0 Å². The van der Waals surface area contributed by atoms with Crippen LogP contribution in [0.25, 0.3) is 33.9 Å². The first kappa shape index (κ1) is 22.8. The van der Waals surface area contributed by atoms with Gasteiger partial charge in [0.1, 0.15) is 17.0 Å². The third-order valence-corrected chi connectivity index (χ3v) is 6.29. The van der Waals surface area contributed by atoms with Crippen molar-refractivity contribution in [3.05, 3.63) is 94.2 Å². The fourth-order valence-electron chi connectivity index (χ4n) is 3.55. The van der Waals surface area contributed by atoms with Gasteiger partial charge in [-0.1, -0.05) is 34.1 Å². The molecule has 5 aromatic rings. The second-order valence-corrected chi connectivity index (χ2v) is 8.75. The van der Waals surface area contributed by atoms with Gasteiger partial charge in [0.25, 0.3) is 0 Å². The molecule has 0 saturated heterocycles. The number of hydrogen-bond donors (Lipinski definition) is 0. The Bertz CT molecular complexity index is 1550. The molecular formula is C28H21BrN2O4. The van der Waals surface area contributed by atoms with Crippen molar-refractivity contribution in [2.45, 2.75) is 13.8 Å². The Hall–Kier alpha value is -3.97. The molecule has 2 heterocycles. The summed E-state index contributed by atoms with van der Waals surface area (Å²) in [5.41, 5.74) is 5.58. The summed E-state index contributed by atoms with van der Waals surface area (Å²) in [5.74, 6) is 1.52. The Balaban J connectivity index is 1.32. The molecule has 0 spiro atoms. The maximum absolute atomic E-state index is 11.8. The van der Waals surface area contributed by atoms with E-state index in [1.54, 1.807) is 25.3 Å². The second-order valence-electron chi connectivity index (χ2n) is 7.89. The van der Waals surface area contributed by atoms with Crippen molar-refractivity contribution in [2.24, 2.45) is 4.99 Å². The monoisotopic (exact) mass is 528 g/mol. The second kappa shape index (κ2) is 9.72. The van der Waals surface area contributed by atoms with Gasteiger partial charge in [-0.25, -0.2) is 9.78 Å². The molecule has 3 aromatic carbocycles. The van der Waals surface area contributed by atoms with Gasteiger partial charge in [0, 0.05) is 15.6 Å². The van der Waals surface area contributed by atoms with E-state index in [0.29, 0.717) is 35.2 Å². The Kier molecular flexibility index (Phi) is 6.33. The van der Waals surface area contributed by atoms with Gasteiger partial charge in [-0.2, -0.15) is 0 Å². The van der Waals surface area contributed by atoms with Gasteiger partial charge in [0.15, 0.2) is 5.58 Å². The van der Waals surface area contributed by atoms with Gasteiger partial charge >= 0.3 is 5.97 Å². The van der Waals surface area contributed by atoms with E-state index in [4.69, 9.17) is 13.6 Å². The molecule has 0 aliphatic carbocycles. The van der Waals surface area contributed by atoms with Crippen molar-refractivity contribution in [3.8, 4) is 22.8 Å². The lowest BCUT2D eigenvalue weighted by atomic mass is 10.1. The molecule has 0 fully saturated rings. The standard InChI is InChI=1S/C28H21BrN2O4/c1-3-33-28(32)19-8-6-18(7-9-19)25-13-11-22(34-25)16-30-21-10-12-26-24(15-21)31-27(35-26)20-5-4-17(2)23(29)14-20/h4-16H,3H2,1-2H3. The fraction of sp³-hybridized carbons (Fsp3) is 0.107. The zero-order valence-electron chi connectivity index (χ0n) is 19.1. The summed E-state index contributed by atoms with van der Waals surface area (Å²) in [4.78, 5) is 21.0.